The van der Waals surface area contributed by atoms with Crippen molar-refractivity contribution in [2.75, 3.05) is 7.11 Å². The first-order chi connectivity index (χ1) is 16.6. The Labute approximate surface area is 196 Å². The van der Waals surface area contributed by atoms with Gasteiger partial charge in [0.05, 0.1) is 25.0 Å². The number of aliphatic hydroxyl groups is 1. The molecule has 35 heavy (non-hydrogen) atoms. The van der Waals surface area contributed by atoms with Crippen molar-refractivity contribution in [2.24, 2.45) is 5.73 Å². The number of nitrogens with two attached hydrogens (primary N) is 1. The number of rotatable bonds is 7. The number of methoxy groups -OCH3 is 1. The molecule has 1 amide bonds. The summed E-state index contributed by atoms with van der Waals surface area (Å²) in [7, 11) is -3.11. The van der Waals surface area contributed by atoms with Crippen LogP contribution in [0.1, 0.15) is 21.6 Å². The molecular weight excluding hydrogens is 489 g/mol. The molecule has 0 saturated carbocycles. The van der Waals surface area contributed by atoms with Gasteiger partial charge in [0.25, 0.3) is 5.91 Å². The predicted molar refractivity (Wildman–Crippen MR) is 118 cm³/mol. The van der Waals surface area contributed by atoms with Crippen molar-refractivity contribution in [3.63, 3.8) is 0 Å². The van der Waals surface area contributed by atoms with Crippen molar-refractivity contribution < 1.29 is 36.2 Å². The van der Waals surface area contributed by atoms with E-state index in [1.54, 1.807) is 0 Å². The molecule has 0 unspecified atom stereocenters. The van der Waals surface area contributed by atoms with E-state index < -0.39 is 67.1 Å². The molecule has 0 aliphatic rings. The molecular formula is C22H17F3N4O5S. The van der Waals surface area contributed by atoms with Gasteiger partial charge in [-0.15, -0.1) is 0 Å². The molecule has 0 atom stereocenters. The van der Waals surface area contributed by atoms with Gasteiger partial charge in [0, 0.05) is 22.7 Å². The Morgan fingerprint density at radius 2 is 1.91 bits per heavy atom. The van der Waals surface area contributed by atoms with Gasteiger partial charge in [0.2, 0.25) is 5.88 Å². The molecule has 2 heterocycles. The first-order valence-electron chi connectivity index (χ1n) is 9.89. The molecule has 4 aromatic rings. The van der Waals surface area contributed by atoms with Crippen molar-refractivity contribution in [3.05, 3.63) is 70.8 Å². The van der Waals surface area contributed by atoms with Crippen LogP contribution in [0.5, 0.6) is 5.88 Å². The Morgan fingerprint density at radius 1 is 1.17 bits per heavy atom. The normalized spacial score (nSPS) is 11.7. The summed E-state index contributed by atoms with van der Waals surface area (Å²) in [5.41, 5.74) is 3.03. The summed E-state index contributed by atoms with van der Waals surface area (Å²) in [6.07, 6.45) is 1.21. The molecule has 13 heteroatoms. The van der Waals surface area contributed by atoms with Crippen LogP contribution in [0, 0.1) is 17.5 Å². The highest BCUT2D eigenvalue weighted by molar-refractivity contribution is 7.90. The number of benzene rings is 2. The largest absolute Gasteiger partial charge is 0.480 e. The smallest absolute Gasteiger partial charge is 0.267 e. The number of aromatic amines is 1. The molecule has 0 aliphatic heterocycles. The van der Waals surface area contributed by atoms with Crippen molar-refractivity contribution in [1.82, 2.24) is 15.2 Å². The van der Waals surface area contributed by atoms with E-state index in [-0.39, 0.29) is 28.0 Å². The molecule has 4 rings (SSSR count). The molecule has 4 N–H and O–H groups in total. The Hall–Kier alpha value is -3.97. The molecule has 0 saturated heterocycles. The van der Waals surface area contributed by atoms with Crippen LogP contribution in [0.15, 0.2) is 41.4 Å². The molecule has 9 nitrogen and oxygen atoms in total. The second-order valence-electron chi connectivity index (χ2n) is 7.45. The summed E-state index contributed by atoms with van der Waals surface area (Å²) in [6.45, 7) is -0.499. The zero-order valence-corrected chi connectivity index (χ0v) is 18.8. The number of amides is 1. The average molecular weight is 506 g/mol. The second-order valence-corrected chi connectivity index (χ2v) is 9.41. The highest BCUT2D eigenvalue weighted by atomic mass is 32.2. The number of aliphatic hydroxyl groups excluding tert-OH is 1. The first kappa shape index (κ1) is 24.2. The number of pyridine rings is 1. The Kier molecular flexibility index (Phi) is 6.21. The molecule has 2 aromatic heterocycles. The maximum absolute atomic E-state index is 15.4. The topological polar surface area (TPSA) is 148 Å². The van der Waals surface area contributed by atoms with Crippen LogP contribution >= 0.6 is 0 Å². The number of fused-ring (bicyclic) bond motifs is 1. The zero-order chi connectivity index (χ0) is 25.5. The van der Waals surface area contributed by atoms with Crippen molar-refractivity contribution in [2.45, 2.75) is 17.3 Å². The summed E-state index contributed by atoms with van der Waals surface area (Å²) in [6, 6.07) is 5.13. The number of carbonyl (C=O) groups is 1. The van der Waals surface area contributed by atoms with Crippen LogP contribution in [0.25, 0.3) is 22.0 Å². The quantitative estimate of drug-likeness (QED) is 0.349. The number of aromatic nitrogens is 3. The maximum Gasteiger partial charge on any atom is 0.267 e. The van der Waals surface area contributed by atoms with E-state index in [1.165, 1.54) is 19.4 Å². The average Bonchev–Trinajstić information content (AvgIpc) is 3.27. The third kappa shape index (κ3) is 4.19. The SMILES string of the molecule is COc1ncc(CO)cc1S(=O)(=O)Cc1ccc(F)c(-c2ccc3c(C(N)=O)[nH]nc3c2F)c1F. The lowest BCUT2D eigenvalue weighted by Gasteiger charge is -2.13. The number of ether oxygens (including phenoxy) is 1. The van der Waals surface area contributed by atoms with E-state index >= 15 is 8.78 Å². The summed E-state index contributed by atoms with van der Waals surface area (Å²) >= 11 is 0. The fourth-order valence-electron chi connectivity index (χ4n) is 3.60. The summed E-state index contributed by atoms with van der Waals surface area (Å²) < 4.78 is 76.4. The van der Waals surface area contributed by atoms with Gasteiger partial charge < -0.3 is 15.6 Å². The number of carbonyl (C=O) groups excluding carboxylic acids is 1. The van der Waals surface area contributed by atoms with Crippen molar-refractivity contribution >= 4 is 26.6 Å². The Balaban J connectivity index is 1.83. The highest BCUT2D eigenvalue weighted by Gasteiger charge is 2.27. The van der Waals surface area contributed by atoms with Crippen LogP contribution in [-0.2, 0) is 22.2 Å². The van der Waals surface area contributed by atoms with E-state index in [9.17, 15) is 22.7 Å². The monoisotopic (exact) mass is 506 g/mol. The molecule has 0 radical (unpaired) electrons. The number of nitrogens with zero attached hydrogens (tertiary/aromatic N) is 2. The maximum atomic E-state index is 15.4. The number of H-pyrrole nitrogens is 1. The summed E-state index contributed by atoms with van der Waals surface area (Å²) in [5, 5.41) is 15.3. The van der Waals surface area contributed by atoms with Crippen LogP contribution < -0.4 is 10.5 Å². The number of sulfone groups is 1. The number of hydrogen-bond acceptors (Lipinski definition) is 7. The Morgan fingerprint density at radius 3 is 2.57 bits per heavy atom. The Bertz CT molecular complexity index is 1590. The summed E-state index contributed by atoms with van der Waals surface area (Å²) in [4.78, 5) is 14.9. The highest BCUT2D eigenvalue weighted by Crippen LogP contribution is 2.35. The standard InChI is InChI=1S/C22H17F3N4O5S/c1-34-22-15(6-10(8-30)7-27-22)35(32,33)9-11-2-5-14(23)16(17(11)24)12-3-4-13-19(18(12)25)28-29-20(13)21(26)31/h2-7,30H,8-9H2,1H3,(H2,26,31)(H,28,29). The van der Waals surface area contributed by atoms with Gasteiger partial charge in [-0.3, -0.25) is 9.89 Å². The van der Waals surface area contributed by atoms with E-state index in [4.69, 9.17) is 10.5 Å². The number of nitrogens with one attached hydrogen (secondary N) is 1. The minimum absolute atomic E-state index is 0.0154. The third-order valence-corrected chi connectivity index (χ3v) is 6.94. The minimum Gasteiger partial charge on any atom is -0.480 e. The van der Waals surface area contributed by atoms with Crippen LogP contribution in [0.4, 0.5) is 13.2 Å². The van der Waals surface area contributed by atoms with Gasteiger partial charge in [-0.05, 0) is 23.8 Å². The minimum atomic E-state index is -4.30. The van der Waals surface area contributed by atoms with Crippen molar-refractivity contribution in [3.8, 4) is 17.0 Å². The molecule has 0 fully saturated rings. The lowest BCUT2D eigenvalue weighted by Crippen LogP contribution is -2.11. The van der Waals surface area contributed by atoms with Gasteiger partial charge in [-0.2, -0.15) is 5.10 Å². The number of primary amides is 1. The van der Waals surface area contributed by atoms with Crippen LogP contribution in [0.3, 0.4) is 0 Å². The molecule has 0 spiro atoms. The predicted octanol–water partition coefficient (Wildman–Crippen LogP) is 2.62. The molecule has 182 valence electrons. The van der Waals surface area contributed by atoms with Gasteiger partial charge in [0.15, 0.2) is 15.7 Å². The second kappa shape index (κ2) is 9.00. The summed E-state index contributed by atoms with van der Waals surface area (Å²) in [5.74, 6) is -5.69. The van der Waals surface area contributed by atoms with Gasteiger partial charge in [-0.1, -0.05) is 12.1 Å². The van der Waals surface area contributed by atoms with Crippen molar-refractivity contribution in [1.29, 1.82) is 0 Å². The molecule has 0 aliphatic carbocycles. The van der Waals surface area contributed by atoms with E-state index in [1.807, 2.05) is 0 Å². The number of hydrogen-bond donors (Lipinski definition) is 3. The number of halogens is 3. The van der Waals surface area contributed by atoms with E-state index in [2.05, 4.69) is 15.2 Å². The molecule has 0 bridgehead atoms. The molecule has 2 aromatic carbocycles. The fourth-order valence-corrected chi connectivity index (χ4v) is 5.12. The first-order valence-corrected chi connectivity index (χ1v) is 11.5. The lowest BCUT2D eigenvalue weighted by atomic mass is 9.99. The van der Waals surface area contributed by atoms with Crippen LogP contribution in [0.2, 0.25) is 0 Å². The van der Waals surface area contributed by atoms with E-state index in [0.717, 1.165) is 24.3 Å². The van der Waals surface area contributed by atoms with Gasteiger partial charge >= 0.3 is 0 Å². The zero-order valence-electron chi connectivity index (χ0n) is 18.0. The van der Waals surface area contributed by atoms with E-state index in [0.29, 0.717) is 0 Å². The van der Waals surface area contributed by atoms with Gasteiger partial charge in [0.1, 0.15) is 27.7 Å². The van der Waals surface area contributed by atoms with Gasteiger partial charge in [-0.25, -0.2) is 26.6 Å². The van der Waals surface area contributed by atoms with Crippen LogP contribution in [-0.4, -0.2) is 41.7 Å². The fraction of sp³-hybridized carbons (Fsp3) is 0.136. The lowest BCUT2D eigenvalue weighted by molar-refractivity contribution is 0.0997. The third-order valence-electron chi connectivity index (χ3n) is 5.28.